The zero-order valence-electron chi connectivity index (χ0n) is 11.7. The maximum atomic E-state index is 11.9. The number of nitrogens with zero attached hydrogens (tertiary/aromatic N) is 3. The Morgan fingerprint density at radius 2 is 2.48 bits per heavy atom. The molecular formula is C14H18N4OS2. The molecule has 0 radical (unpaired) electrons. The van der Waals surface area contributed by atoms with E-state index in [9.17, 15) is 4.79 Å². The Labute approximate surface area is 132 Å². The molecule has 2 aromatic rings. The van der Waals surface area contributed by atoms with Gasteiger partial charge in [0.1, 0.15) is 0 Å². The van der Waals surface area contributed by atoms with Crippen LogP contribution in [0.4, 0.5) is 0 Å². The molecule has 1 saturated heterocycles. The van der Waals surface area contributed by atoms with Gasteiger partial charge in [-0.25, -0.2) is 0 Å². The van der Waals surface area contributed by atoms with E-state index in [1.807, 2.05) is 11.3 Å². The molecule has 5 nitrogen and oxygen atoms in total. The van der Waals surface area contributed by atoms with Crippen molar-refractivity contribution in [1.82, 2.24) is 19.0 Å². The summed E-state index contributed by atoms with van der Waals surface area (Å²) in [7, 11) is 0. The maximum absolute atomic E-state index is 11.9. The zero-order chi connectivity index (χ0) is 14.5. The lowest BCUT2D eigenvalue weighted by Gasteiger charge is -2.32. The van der Waals surface area contributed by atoms with Gasteiger partial charge in [-0.3, -0.25) is 9.69 Å². The Kier molecular flexibility index (Phi) is 4.95. The first-order valence-corrected chi connectivity index (χ1v) is 8.73. The fourth-order valence-corrected chi connectivity index (χ4v) is 3.84. The minimum Gasteiger partial charge on any atom is -0.350 e. The largest absolute Gasteiger partial charge is 0.350 e. The smallest absolute Gasteiger partial charge is 0.272 e. The minimum atomic E-state index is -0.112. The molecule has 0 aliphatic carbocycles. The molecule has 112 valence electrons. The molecule has 1 N–H and O–H groups in total. The second-order valence-electron chi connectivity index (χ2n) is 5.33. The first kappa shape index (κ1) is 14.6. The number of carbonyl (C=O) groups is 1. The molecule has 0 unspecified atom stereocenters. The van der Waals surface area contributed by atoms with Crippen LogP contribution in [0.15, 0.2) is 23.7 Å². The average Bonchev–Trinajstić information content (AvgIpc) is 3.18. The van der Waals surface area contributed by atoms with Gasteiger partial charge in [-0.1, -0.05) is 6.07 Å². The second kappa shape index (κ2) is 7.11. The molecule has 0 spiro atoms. The highest BCUT2D eigenvalue weighted by molar-refractivity contribution is 7.09. The summed E-state index contributed by atoms with van der Waals surface area (Å²) in [6.07, 6.45) is 3.89. The number of aromatic nitrogens is 2. The number of rotatable bonds is 5. The van der Waals surface area contributed by atoms with Gasteiger partial charge in [0, 0.05) is 24.5 Å². The van der Waals surface area contributed by atoms with Crippen molar-refractivity contribution in [2.45, 2.75) is 19.4 Å². The van der Waals surface area contributed by atoms with E-state index in [0.717, 1.165) is 37.9 Å². The molecular weight excluding hydrogens is 304 g/mol. The molecule has 1 atom stereocenters. The third-order valence-electron chi connectivity index (χ3n) is 3.71. The lowest BCUT2D eigenvalue weighted by molar-refractivity contribution is 0.0927. The quantitative estimate of drug-likeness (QED) is 0.917. The number of piperidine rings is 1. The second-order valence-corrected chi connectivity index (χ2v) is 6.91. The zero-order valence-corrected chi connectivity index (χ0v) is 13.3. The summed E-state index contributed by atoms with van der Waals surface area (Å²) in [5.41, 5.74) is 0.422. The van der Waals surface area contributed by atoms with E-state index < -0.39 is 0 Å². The van der Waals surface area contributed by atoms with Crippen LogP contribution in [-0.4, -0.2) is 39.2 Å². The predicted octanol–water partition coefficient (Wildman–Crippen LogP) is 2.24. The molecule has 1 fully saturated rings. The Morgan fingerprint density at radius 1 is 1.52 bits per heavy atom. The lowest BCUT2D eigenvalue weighted by atomic mass is 9.98. The van der Waals surface area contributed by atoms with Crippen LogP contribution in [0.2, 0.25) is 0 Å². The molecule has 0 saturated carbocycles. The van der Waals surface area contributed by atoms with Crippen molar-refractivity contribution >= 4 is 29.0 Å². The van der Waals surface area contributed by atoms with Crippen LogP contribution < -0.4 is 5.32 Å². The van der Waals surface area contributed by atoms with E-state index in [1.165, 1.54) is 23.9 Å². The van der Waals surface area contributed by atoms with Crippen molar-refractivity contribution in [3.05, 3.63) is 34.3 Å². The average molecular weight is 322 g/mol. The summed E-state index contributed by atoms with van der Waals surface area (Å²) >= 11 is 2.87. The van der Waals surface area contributed by atoms with Crippen molar-refractivity contribution in [3.8, 4) is 0 Å². The van der Waals surface area contributed by atoms with Gasteiger partial charge in [0.2, 0.25) is 0 Å². The molecule has 2 aromatic heterocycles. The standard InChI is InChI=1S/C14H18N4OS2/c19-14(13-8-16-21-17-13)15-7-11-3-1-5-18(9-11)10-12-4-2-6-20-12/h2,4,6,8,11H,1,3,5,7,9-10H2,(H,15,19)/t11-/m1/s1. The van der Waals surface area contributed by atoms with Gasteiger partial charge in [-0.15, -0.1) is 11.3 Å². The molecule has 0 aromatic carbocycles. The van der Waals surface area contributed by atoms with Crippen LogP contribution in [0.3, 0.4) is 0 Å². The van der Waals surface area contributed by atoms with Gasteiger partial charge in [0.05, 0.1) is 17.9 Å². The fraction of sp³-hybridized carbons (Fsp3) is 0.500. The Bertz CT molecular complexity index is 556. The molecule has 3 heterocycles. The predicted molar refractivity (Wildman–Crippen MR) is 84.6 cm³/mol. The van der Waals surface area contributed by atoms with Crippen molar-refractivity contribution in [3.63, 3.8) is 0 Å². The number of thiophene rings is 1. The van der Waals surface area contributed by atoms with Crippen LogP contribution in [0.5, 0.6) is 0 Å². The van der Waals surface area contributed by atoms with E-state index in [0.29, 0.717) is 11.6 Å². The molecule has 1 amide bonds. The Balaban J connectivity index is 1.46. The highest BCUT2D eigenvalue weighted by Gasteiger charge is 2.21. The van der Waals surface area contributed by atoms with E-state index in [2.05, 4.69) is 36.5 Å². The number of carbonyl (C=O) groups excluding carboxylic acids is 1. The Hall–Kier alpha value is -1.31. The number of hydrogen-bond donors (Lipinski definition) is 1. The number of hydrogen-bond acceptors (Lipinski definition) is 6. The molecule has 3 rings (SSSR count). The fourth-order valence-electron chi connectivity index (χ4n) is 2.68. The van der Waals surface area contributed by atoms with E-state index in [1.54, 1.807) is 0 Å². The first-order chi connectivity index (χ1) is 10.3. The maximum Gasteiger partial charge on any atom is 0.272 e. The van der Waals surface area contributed by atoms with Gasteiger partial charge in [0.15, 0.2) is 5.69 Å². The monoisotopic (exact) mass is 322 g/mol. The normalized spacial score (nSPS) is 19.5. The van der Waals surface area contributed by atoms with Crippen LogP contribution in [-0.2, 0) is 6.54 Å². The number of nitrogens with one attached hydrogen (secondary N) is 1. The number of likely N-dealkylation sites (tertiary alicyclic amines) is 1. The van der Waals surface area contributed by atoms with Gasteiger partial charge < -0.3 is 5.32 Å². The lowest BCUT2D eigenvalue weighted by Crippen LogP contribution is -2.40. The van der Waals surface area contributed by atoms with E-state index in [4.69, 9.17) is 0 Å². The van der Waals surface area contributed by atoms with Crippen molar-refractivity contribution in [2.75, 3.05) is 19.6 Å². The van der Waals surface area contributed by atoms with Crippen LogP contribution >= 0.6 is 23.1 Å². The minimum absolute atomic E-state index is 0.112. The number of amides is 1. The van der Waals surface area contributed by atoms with Crippen LogP contribution in [0, 0.1) is 5.92 Å². The van der Waals surface area contributed by atoms with Crippen molar-refractivity contribution in [1.29, 1.82) is 0 Å². The highest BCUT2D eigenvalue weighted by Crippen LogP contribution is 2.20. The van der Waals surface area contributed by atoms with Gasteiger partial charge in [-0.2, -0.15) is 8.75 Å². The molecule has 0 bridgehead atoms. The van der Waals surface area contributed by atoms with Crippen LogP contribution in [0.25, 0.3) is 0 Å². The third kappa shape index (κ3) is 4.09. The summed E-state index contributed by atoms with van der Waals surface area (Å²) in [4.78, 5) is 15.8. The van der Waals surface area contributed by atoms with Gasteiger partial charge in [0.25, 0.3) is 5.91 Å². The van der Waals surface area contributed by atoms with E-state index in [-0.39, 0.29) is 5.91 Å². The molecule has 1 aliphatic heterocycles. The summed E-state index contributed by atoms with van der Waals surface area (Å²) in [6.45, 7) is 3.95. The topological polar surface area (TPSA) is 58.1 Å². The van der Waals surface area contributed by atoms with Crippen molar-refractivity contribution < 1.29 is 4.79 Å². The van der Waals surface area contributed by atoms with Crippen molar-refractivity contribution in [2.24, 2.45) is 5.92 Å². The SMILES string of the molecule is O=C(NC[C@H]1CCCN(Cc2cccs2)C1)c1cnsn1. The van der Waals surface area contributed by atoms with Gasteiger partial charge in [-0.05, 0) is 36.8 Å². The first-order valence-electron chi connectivity index (χ1n) is 7.12. The van der Waals surface area contributed by atoms with E-state index >= 15 is 0 Å². The molecule has 7 heteroatoms. The van der Waals surface area contributed by atoms with Gasteiger partial charge >= 0.3 is 0 Å². The molecule has 21 heavy (non-hydrogen) atoms. The third-order valence-corrected chi connectivity index (χ3v) is 5.05. The Morgan fingerprint density at radius 3 is 3.24 bits per heavy atom. The summed E-state index contributed by atoms with van der Waals surface area (Å²) in [5.74, 6) is 0.411. The highest BCUT2D eigenvalue weighted by atomic mass is 32.1. The summed E-state index contributed by atoms with van der Waals surface area (Å²) in [5, 5.41) is 5.10. The molecule has 1 aliphatic rings. The van der Waals surface area contributed by atoms with Crippen LogP contribution in [0.1, 0.15) is 28.2 Å². The summed E-state index contributed by atoms with van der Waals surface area (Å²) < 4.78 is 7.81. The summed E-state index contributed by atoms with van der Waals surface area (Å²) in [6, 6.07) is 4.29.